The SMILES string of the molecule is CCOc1cc(C=C2SC(=Nc3ccccc3)N(Cc3ccco3)C2=O)cc(Cl)c1OC(C)C. The first-order chi connectivity index (χ1) is 16.4. The summed E-state index contributed by atoms with van der Waals surface area (Å²) in [5.41, 5.74) is 1.50. The van der Waals surface area contributed by atoms with Gasteiger partial charge >= 0.3 is 0 Å². The van der Waals surface area contributed by atoms with Crippen LogP contribution in [-0.2, 0) is 11.3 Å². The van der Waals surface area contributed by atoms with Gasteiger partial charge in [0, 0.05) is 0 Å². The van der Waals surface area contributed by atoms with Crippen molar-refractivity contribution in [1.29, 1.82) is 0 Å². The molecule has 34 heavy (non-hydrogen) atoms. The van der Waals surface area contributed by atoms with Crippen molar-refractivity contribution < 1.29 is 18.7 Å². The molecular weight excluding hydrogens is 472 g/mol. The molecule has 0 unspecified atom stereocenters. The quantitative estimate of drug-likeness (QED) is 0.316. The largest absolute Gasteiger partial charge is 0.490 e. The maximum atomic E-state index is 13.4. The van der Waals surface area contributed by atoms with Crippen molar-refractivity contribution in [2.45, 2.75) is 33.4 Å². The van der Waals surface area contributed by atoms with Gasteiger partial charge in [0.05, 0.1) is 41.1 Å². The van der Waals surface area contributed by atoms with E-state index in [1.807, 2.05) is 63.2 Å². The lowest BCUT2D eigenvalue weighted by Gasteiger charge is -2.16. The predicted octanol–water partition coefficient (Wildman–Crippen LogP) is 6.92. The summed E-state index contributed by atoms with van der Waals surface area (Å²) in [5, 5.41) is 1.00. The van der Waals surface area contributed by atoms with Crippen LogP contribution in [0.2, 0.25) is 5.02 Å². The molecule has 0 radical (unpaired) electrons. The van der Waals surface area contributed by atoms with Gasteiger partial charge in [0.1, 0.15) is 5.76 Å². The number of halogens is 1. The normalized spacial score (nSPS) is 16.1. The van der Waals surface area contributed by atoms with E-state index in [0.717, 1.165) is 11.3 Å². The van der Waals surface area contributed by atoms with Gasteiger partial charge in [0.25, 0.3) is 5.91 Å². The number of amidine groups is 1. The number of carbonyl (C=O) groups is 1. The van der Waals surface area contributed by atoms with Gasteiger partial charge in [-0.1, -0.05) is 29.8 Å². The number of thioether (sulfide) groups is 1. The zero-order valence-electron chi connectivity index (χ0n) is 19.2. The third-order valence-electron chi connectivity index (χ3n) is 4.75. The molecule has 1 amide bonds. The van der Waals surface area contributed by atoms with Crippen LogP contribution in [0.5, 0.6) is 11.5 Å². The molecule has 1 aliphatic heterocycles. The summed E-state index contributed by atoms with van der Waals surface area (Å²) in [7, 11) is 0. The Balaban J connectivity index is 1.70. The first-order valence-corrected chi connectivity index (χ1v) is 12.1. The van der Waals surface area contributed by atoms with Gasteiger partial charge in [0.2, 0.25) is 0 Å². The van der Waals surface area contributed by atoms with Crippen LogP contribution in [0, 0.1) is 0 Å². The van der Waals surface area contributed by atoms with E-state index < -0.39 is 0 Å². The van der Waals surface area contributed by atoms with Crippen molar-refractivity contribution in [2.75, 3.05) is 6.61 Å². The molecule has 1 fully saturated rings. The summed E-state index contributed by atoms with van der Waals surface area (Å²) in [6, 6.07) is 16.8. The van der Waals surface area contributed by atoms with E-state index in [9.17, 15) is 4.79 Å². The van der Waals surface area contributed by atoms with Gasteiger partial charge in [-0.25, -0.2) is 4.99 Å². The maximum Gasteiger partial charge on any atom is 0.267 e. The fourth-order valence-electron chi connectivity index (χ4n) is 3.34. The van der Waals surface area contributed by atoms with Crippen molar-refractivity contribution in [3.05, 3.63) is 82.1 Å². The van der Waals surface area contributed by atoms with Crippen molar-refractivity contribution in [2.24, 2.45) is 4.99 Å². The Labute approximate surface area is 208 Å². The van der Waals surface area contributed by atoms with Crippen LogP contribution in [0.1, 0.15) is 32.1 Å². The van der Waals surface area contributed by atoms with Crippen LogP contribution in [-0.4, -0.2) is 28.7 Å². The molecule has 8 heteroatoms. The van der Waals surface area contributed by atoms with E-state index in [0.29, 0.717) is 39.0 Å². The third-order valence-corrected chi connectivity index (χ3v) is 6.03. The minimum atomic E-state index is -0.160. The zero-order valence-corrected chi connectivity index (χ0v) is 20.7. The number of para-hydroxylation sites is 1. The highest BCUT2D eigenvalue weighted by Crippen LogP contribution is 2.40. The number of aliphatic imine (C=N–C) groups is 1. The minimum absolute atomic E-state index is 0.0557. The molecule has 0 bridgehead atoms. The summed E-state index contributed by atoms with van der Waals surface area (Å²) in [5.74, 6) is 1.55. The number of hydrogen-bond donors (Lipinski definition) is 0. The van der Waals surface area contributed by atoms with Crippen LogP contribution in [0.3, 0.4) is 0 Å². The van der Waals surface area contributed by atoms with Gasteiger partial charge in [-0.2, -0.15) is 0 Å². The van der Waals surface area contributed by atoms with Crippen molar-refractivity contribution in [3.63, 3.8) is 0 Å². The predicted molar refractivity (Wildman–Crippen MR) is 137 cm³/mol. The second kappa shape index (κ2) is 10.8. The molecule has 6 nitrogen and oxygen atoms in total. The summed E-state index contributed by atoms with van der Waals surface area (Å²) in [6.07, 6.45) is 3.33. The van der Waals surface area contributed by atoms with E-state index >= 15 is 0 Å². The highest BCUT2D eigenvalue weighted by molar-refractivity contribution is 8.18. The number of benzene rings is 2. The lowest BCUT2D eigenvalue weighted by molar-refractivity contribution is -0.122. The number of ether oxygens (including phenoxy) is 2. The average molecular weight is 497 g/mol. The Morgan fingerprint density at radius 1 is 1.18 bits per heavy atom. The number of hydrogen-bond acceptors (Lipinski definition) is 6. The molecule has 2 heterocycles. The minimum Gasteiger partial charge on any atom is -0.490 e. The summed E-state index contributed by atoms with van der Waals surface area (Å²) in [6.45, 7) is 6.50. The average Bonchev–Trinajstić information content (AvgIpc) is 3.41. The van der Waals surface area contributed by atoms with Crippen molar-refractivity contribution in [1.82, 2.24) is 4.90 Å². The molecule has 176 valence electrons. The molecule has 3 aromatic rings. The van der Waals surface area contributed by atoms with Crippen LogP contribution in [0.25, 0.3) is 6.08 Å². The molecule has 0 N–H and O–H groups in total. The van der Waals surface area contributed by atoms with Gasteiger partial charge in [-0.15, -0.1) is 0 Å². The van der Waals surface area contributed by atoms with Crippen LogP contribution in [0.15, 0.2) is 75.2 Å². The molecule has 1 saturated heterocycles. The molecule has 0 spiro atoms. The van der Waals surface area contributed by atoms with E-state index in [4.69, 9.17) is 30.5 Å². The van der Waals surface area contributed by atoms with Gasteiger partial charge in [-0.3, -0.25) is 9.69 Å². The topological polar surface area (TPSA) is 64.3 Å². The first kappa shape index (κ1) is 24.0. The highest BCUT2D eigenvalue weighted by Gasteiger charge is 2.34. The highest BCUT2D eigenvalue weighted by atomic mass is 35.5. The Kier molecular flexibility index (Phi) is 7.65. The second-order valence-corrected chi connectivity index (χ2v) is 9.16. The molecule has 0 saturated carbocycles. The Bertz CT molecular complexity index is 1210. The smallest absolute Gasteiger partial charge is 0.267 e. The van der Waals surface area contributed by atoms with E-state index in [-0.39, 0.29) is 18.6 Å². The number of rotatable bonds is 8. The fraction of sp³-hybridized carbons (Fsp3) is 0.231. The Morgan fingerprint density at radius 3 is 2.65 bits per heavy atom. The van der Waals surface area contributed by atoms with Crippen LogP contribution in [0.4, 0.5) is 5.69 Å². The van der Waals surface area contributed by atoms with Crippen LogP contribution >= 0.6 is 23.4 Å². The lowest BCUT2D eigenvalue weighted by atomic mass is 10.1. The van der Waals surface area contributed by atoms with Crippen molar-refractivity contribution in [3.8, 4) is 11.5 Å². The Hall–Kier alpha value is -3.16. The monoisotopic (exact) mass is 496 g/mol. The molecule has 0 aliphatic carbocycles. The van der Waals surface area contributed by atoms with Gasteiger partial charge < -0.3 is 13.9 Å². The van der Waals surface area contributed by atoms with Gasteiger partial charge in [-0.05, 0) is 80.6 Å². The van der Waals surface area contributed by atoms with E-state index in [1.54, 1.807) is 29.4 Å². The zero-order chi connectivity index (χ0) is 24.1. The number of carbonyl (C=O) groups excluding carboxylic acids is 1. The standard InChI is InChI=1S/C26H25ClN2O4S/c1-4-31-22-14-18(13-21(27)24(22)33-17(2)3)15-23-25(30)29(16-20-11-8-12-32-20)26(34-23)28-19-9-6-5-7-10-19/h5-15,17H,4,16H2,1-3H3. The van der Waals surface area contributed by atoms with Crippen molar-refractivity contribution >= 4 is 46.2 Å². The van der Waals surface area contributed by atoms with E-state index in [2.05, 4.69) is 0 Å². The summed E-state index contributed by atoms with van der Waals surface area (Å²) >= 11 is 7.83. The molecule has 0 atom stereocenters. The molecule has 2 aromatic carbocycles. The number of furan rings is 1. The summed E-state index contributed by atoms with van der Waals surface area (Å²) in [4.78, 5) is 20.2. The Morgan fingerprint density at radius 2 is 1.97 bits per heavy atom. The fourth-order valence-corrected chi connectivity index (χ4v) is 4.60. The van der Waals surface area contributed by atoms with E-state index in [1.165, 1.54) is 11.8 Å². The number of amides is 1. The van der Waals surface area contributed by atoms with Gasteiger partial charge in [0.15, 0.2) is 16.7 Å². The molecular formula is C26H25ClN2O4S. The second-order valence-electron chi connectivity index (χ2n) is 7.74. The molecule has 4 rings (SSSR count). The maximum absolute atomic E-state index is 13.4. The lowest BCUT2D eigenvalue weighted by Crippen LogP contribution is -2.28. The first-order valence-electron chi connectivity index (χ1n) is 10.9. The summed E-state index contributed by atoms with van der Waals surface area (Å²) < 4.78 is 17.1. The number of nitrogens with zero attached hydrogens (tertiary/aromatic N) is 2. The molecule has 1 aliphatic rings. The van der Waals surface area contributed by atoms with Crippen LogP contribution < -0.4 is 9.47 Å². The molecule has 1 aromatic heterocycles. The third kappa shape index (κ3) is 5.66.